The van der Waals surface area contributed by atoms with Crippen LogP contribution in [-0.4, -0.2) is 105 Å². The van der Waals surface area contributed by atoms with Gasteiger partial charge < -0.3 is 49.6 Å². The van der Waals surface area contributed by atoms with Crippen LogP contribution in [0.5, 0.6) is 0 Å². The second kappa shape index (κ2) is 10.1. The fraction of sp³-hybridized carbons (Fsp3) is 0.905. The van der Waals surface area contributed by atoms with Crippen LogP contribution in [0.2, 0.25) is 0 Å². The molecule has 10 nitrogen and oxygen atoms in total. The van der Waals surface area contributed by atoms with Crippen LogP contribution < -0.4 is 0 Å². The molecule has 0 radical (unpaired) electrons. The van der Waals surface area contributed by atoms with E-state index in [2.05, 4.69) is 13.0 Å². The van der Waals surface area contributed by atoms with E-state index in [9.17, 15) is 25.5 Å². The molecule has 180 valence electrons. The highest BCUT2D eigenvalue weighted by molar-refractivity contribution is 5.05. The molecule has 0 saturated carbocycles. The van der Waals surface area contributed by atoms with Crippen molar-refractivity contribution in [2.75, 3.05) is 13.2 Å². The molecule has 2 heterocycles. The van der Waals surface area contributed by atoms with Crippen molar-refractivity contribution < 1.29 is 49.6 Å². The number of aliphatic hydroxyl groups excluding tert-OH is 6. The van der Waals surface area contributed by atoms with Crippen molar-refractivity contribution in [3.05, 3.63) is 11.6 Å². The summed E-state index contributed by atoms with van der Waals surface area (Å²) in [5.74, 6) is 0.199. The van der Waals surface area contributed by atoms with Crippen LogP contribution in [0.1, 0.15) is 40.0 Å². The Labute approximate surface area is 182 Å². The summed E-state index contributed by atoms with van der Waals surface area (Å²) in [4.78, 5) is 0. The predicted octanol–water partition coefficient (Wildman–Crippen LogP) is -1.21. The Morgan fingerprint density at radius 3 is 2.13 bits per heavy atom. The highest BCUT2D eigenvalue weighted by atomic mass is 16.7. The maximum atomic E-state index is 10.4. The molecule has 0 aromatic heterocycles. The Hall–Kier alpha value is -0.660. The molecule has 0 bridgehead atoms. The molecular weight excluding hydrogens is 412 g/mol. The fourth-order valence-electron chi connectivity index (χ4n) is 4.34. The molecule has 2 saturated heterocycles. The van der Waals surface area contributed by atoms with Gasteiger partial charge in [0.05, 0.1) is 18.8 Å². The van der Waals surface area contributed by atoms with Gasteiger partial charge in [0.2, 0.25) is 0 Å². The third-order valence-corrected chi connectivity index (χ3v) is 6.63. The third kappa shape index (κ3) is 5.47. The molecule has 10 atom stereocenters. The average Bonchev–Trinajstić information content (AvgIpc) is 3.01. The minimum Gasteiger partial charge on any atom is -0.394 e. The predicted molar refractivity (Wildman–Crippen MR) is 107 cm³/mol. The molecule has 31 heavy (non-hydrogen) atoms. The first-order chi connectivity index (χ1) is 14.5. The van der Waals surface area contributed by atoms with Gasteiger partial charge in [-0.1, -0.05) is 11.6 Å². The Bertz CT molecular complexity index is 625. The van der Waals surface area contributed by atoms with Crippen molar-refractivity contribution in [1.82, 2.24) is 0 Å². The van der Waals surface area contributed by atoms with Crippen LogP contribution in [-0.2, 0) is 18.9 Å². The maximum Gasteiger partial charge on any atom is 0.187 e. The lowest BCUT2D eigenvalue weighted by molar-refractivity contribution is -0.334. The van der Waals surface area contributed by atoms with Gasteiger partial charge in [-0.15, -0.1) is 0 Å². The van der Waals surface area contributed by atoms with Crippen LogP contribution in [0, 0.1) is 5.92 Å². The van der Waals surface area contributed by atoms with Gasteiger partial charge in [-0.2, -0.15) is 0 Å². The zero-order valence-corrected chi connectivity index (χ0v) is 18.2. The first-order valence-corrected chi connectivity index (χ1v) is 10.8. The lowest BCUT2D eigenvalue weighted by Gasteiger charge is -2.45. The van der Waals surface area contributed by atoms with E-state index in [1.807, 2.05) is 13.8 Å². The summed E-state index contributed by atoms with van der Waals surface area (Å²) in [6, 6.07) is 0. The van der Waals surface area contributed by atoms with E-state index >= 15 is 0 Å². The number of aliphatic hydroxyl groups is 6. The Morgan fingerprint density at radius 1 is 0.935 bits per heavy atom. The summed E-state index contributed by atoms with van der Waals surface area (Å²) in [6.07, 6.45) is -6.74. The standard InChI is InChI=1S/C21H36O10/c1-10-4-6-11(7-5-10)21(2,3)31-20-18(27)16(25)15(24)13(30-20)9-28-19-17(26)14(23)12(8-22)29-19/h4,11-20,22-27H,5-9H2,1-3H3/t11-,12-,13+,14-,15+,16-,17+,18+,19-,20-/m1/s1. The van der Waals surface area contributed by atoms with Crippen LogP contribution in [0.25, 0.3) is 0 Å². The molecule has 3 aliphatic rings. The van der Waals surface area contributed by atoms with Crippen molar-refractivity contribution >= 4 is 0 Å². The van der Waals surface area contributed by atoms with E-state index in [0.717, 1.165) is 19.3 Å². The second-order valence-corrected chi connectivity index (χ2v) is 9.30. The lowest BCUT2D eigenvalue weighted by Crippen LogP contribution is -2.61. The van der Waals surface area contributed by atoms with Crippen molar-refractivity contribution in [2.45, 2.75) is 101 Å². The Kier molecular flexibility index (Phi) is 8.12. The number of hydrogen-bond acceptors (Lipinski definition) is 10. The zero-order valence-electron chi connectivity index (χ0n) is 18.2. The summed E-state index contributed by atoms with van der Waals surface area (Å²) < 4.78 is 22.5. The third-order valence-electron chi connectivity index (χ3n) is 6.63. The highest BCUT2D eigenvalue weighted by Crippen LogP contribution is 2.37. The molecule has 10 heteroatoms. The Morgan fingerprint density at radius 2 is 1.55 bits per heavy atom. The van der Waals surface area contributed by atoms with Crippen molar-refractivity contribution in [2.24, 2.45) is 5.92 Å². The first kappa shape index (κ1) is 25.0. The summed E-state index contributed by atoms with van der Waals surface area (Å²) >= 11 is 0. The Balaban J connectivity index is 1.61. The summed E-state index contributed by atoms with van der Waals surface area (Å²) in [5, 5.41) is 60.0. The molecule has 0 spiro atoms. The molecule has 0 unspecified atom stereocenters. The number of rotatable bonds is 7. The van der Waals surface area contributed by atoms with E-state index in [-0.39, 0.29) is 12.5 Å². The molecule has 0 amide bonds. The summed E-state index contributed by atoms with van der Waals surface area (Å²) in [5.41, 5.74) is 0.682. The monoisotopic (exact) mass is 448 g/mol. The van der Waals surface area contributed by atoms with Gasteiger partial charge in [0.15, 0.2) is 12.6 Å². The molecule has 1 aliphatic carbocycles. The van der Waals surface area contributed by atoms with E-state index < -0.39 is 67.5 Å². The second-order valence-electron chi connectivity index (χ2n) is 9.30. The van der Waals surface area contributed by atoms with Crippen molar-refractivity contribution in [3.63, 3.8) is 0 Å². The van der Waals surface area contributed by atoms with Crippen LogP contribution in [0.3, 0.4) is 0 Å². The van der Waals surface area contributed by atoms with Gasteiger partial charge in [-0.05, 0) is 46.0 Å². The van der Waals surface area contributed by atoms with E-state index in [1.165, 1.54) is 5.57 Å². The normalized spacial score (nSPS) is 44.4. The maximum absolute atomic E-state index is 10.4. The number of allylic oxidation sites excluding steroid dienone is 2. The molecule has 3 rings (SSSR count). The van der Waals surface area contributed by atoms with E-state index in [0.29, 0.717) is 0 Å². The van der Waals surface area contributed by atoms with Gasteiger partial charge in [-0.3, -0.25) is 0 Å². The molecule has 6 N–H and O–H groups in total. The SMILES string of the molecule is CC1=CC[C@@H](C(C)(C)O[C@H]2O[C@@H](CO[C@@H]3O[C@H](CO)[C@@H](O)[C@@H]3O)[C@H](O)[C@@H](O)[C@@H]2O)CC1. The van der Waals surface area contributed by atoms with Gasteiger partial charge in [0, 0.05) is 0 Å². The largest absolute Gasteiger partial charge is 0.394 e. The smallest absolute Gasteiger partial charge is 0.187 e. The molecule has 0 aromatic carbocycles. The minimum atomic E-state index is -1.53. The van der Waals surface area contributed by atoms with E-state index in [4.69, 9.17) is 24.1 Å². The van der Waals surface area contributed by atoms with E-state index in [1.54, 1.807) is 0 Å². The van der Waals surface area contributed by atoms with Gasteiger partial charge in [-0.25, -0.2) is 0 Å². The highest BCUT2D eigenvalue weighted by Gasteiger charge is 2.49. The van der Waals surface area contributed by atoms with Crippen LogP contribution in [0.4, 0.5) is 0 Å². The summed E-state index contributed by atoms with van der Waals surface area (Å²) in [6.45, 7) is 5.11. The quantitative estimate of drug-likeness (QED) is 0.261. The number of hydrogen-bond donors (Lipinski definition) is 6. The van der Waals surface area contributed by atoms with Gasteiger partial charge >= 0.3 is 0 Å². The number of ether oxygens (including phenoxy) is 4. The van der Waals surface area contributed by atoms with Gasteiger partial charge in [0.25, 0.3) is 0 Å². The van der Waals surface area contributed by atoms with Crippen molar-refractivity contribution in [1.29, 1.82) is 0 Å². The molecule has 2 fully saturated rings. The lowest BCUT2D eigenvalue weighted by atomic mass is 9.79. The zero-order chi connectivity index (χ0) is 22.9. The molecule has 0 aromatic rings. The first-order valence-electron chi connectivity index (χ1n) is 10.8. The summed E-state index contributed by atoms with van der Waals surface area (Å²) in [7, 11) is 0. The topological polar surface area (TPSA) is 158 Å². The average molecular weight is 449 g/mol. The molecule has 2 aliphatic heterocycles. The van der Waals surface area contributed by atoms with Crippen LogP contribution in [0.15, 0.2) is 11.6 Å². The molecular formula is C21H36O10. The van der Waals surface area contributed by atoms with Crippen LogP contribution >= 0.6 is 0 Å². The van der Waals surface area contributed by atoms with Crippen molar-refractivity contribution in [3.8, 4) is 0 Å². The van der Waals surface area contributed by atoms with Gasteiger partial charge in [0.1, 0.15) is 42.7 Å². The minimum absolute atomic E-state index is 0.199. The fourth-order valence-corrected chi connectivity index (χ4v) is 4.34.